The highest BCUT2D eigenvalue weighted by molar-refractivity contribution is 5.28. The van der Waals surface area contributed by atoms with Gasteiger partial charge in [-0.05, 0) is 43.4 Å². The molecule has 0 atom stereocenters. The predicted molar refractivity (Wildman–Crippen MR) is 71.7 cm³/mol. The number of ether oxygens (including phenoxy) is 2. The van der Waals surface area contributed by atoms with Gasteiger partial charge in [-0.15, -0.1) is 0 Å². The summed E-state index contributed by atoms with van der Waals surface area (Å²) < 4.78 is 10.7. The lowest BCUT2D eigenvalue weighted by molar-refractivity contribution is 0.192. The molecule has 2 nitrogen and oxygen atoms in total. The Morgan fingerprint density at radius 2 is 1.94 bits per heavy atom. The fourth-order valence-corrected chi connectivity index (χ4v) is 1.76. The van der Waals surface area contributed by atoms with Gasteiger partial charge in [-0.3, -0.25) is 0 Å². The van der Waals surface area contributed by atoms with E-state index in [2.05, 4.69) is 25.1 Å². The Kier molecular flexibility index (Phi) is 7.48. The smallest absolute Gasteiger partial charge is 0.119 e. The number of aryl methyl sites for hydroxylation is 1. The zero-order valence-electron chi connectivity index (χ0n) is 11.1. The lowest BCUT2D eigenvalue weighted by atomic mass is 10.1. The van der Waals surface area contributed by atoms with Crippen molar-refractivity contribution in [3.63, 3.8) is 0 Å². The molecular weight excluding hydrogens is 212 g/mol. The van der Waals surface area contributed by atoms with Crippen molar-refractivity contribution in [1.82, 2.24) is 0 Å². The van der Waals surface area contributed by atoms with E-state index in [0.29, 0.717) is 0 Å². The van der Waals surface area contributed by atoms with Crippen molar-refractivity contribution < 1.29 is 9.47 Å². The monoisotopic (exact) mass is 236 g/mol. The summed E-state index contributed by atoms with van der Waals surface area (Å²) in [5, 5.41) is 0. The first kappa shape index (κ1) is 14.0. The minimum atomic E-state index is 0.803. The summed E-state index contributed by atoms with van der Waals surface area (Å²) in [6.07, 6.45) is 5.80. The maximum atomic E-state index is 5.62. The third-order valence-corrected chi connectivity index (χ3v) is 2.69. The van der Waals surface area contributed by atoms with Crippen LogP contribution in [0, 0.1) is 0 Å². The molecule has 1 aromatic carbocycles. The van der Waals surface area contributed by atoms with Crippen molar-refractivity contribution >= 4 is 0 Å². The molecule has 0 fully saturated rings. The van der Waals surface area contributed by atoms with Crippen LogP contribution in [0.3, 0.4) is 0 Å². The molecule has 96 valence electrons. The first-order valence-electron chi connectivity index (χ1n) is 6.57. The molecule has 0 unspecified atom stereocenters. The third kappa shape index (κ3) is 6.32. The largest absolute Gasteiger partial charge is 0.494 e. The van der Waals surface area contributed by atoms with Gasteiger partial charge in [-0.2, -0.15) is 0 Å². The third-order valence-electron chi connectivity index (χ3n) is 2.69. The van der Waals surface area contributed by atoms with Crippen LogP contribution in [-0.4, -0.2) is 20.3 Å². The van der Waals surface area contributed by atoms with E-state index in [1.807, 2.05) is 6.07 Å². The maximum Gasteiger partial charge on any atom is 0.119 e. The molecule has 1 aromatic rings. The summed E-state index contributed by atoms with van der Waals surface area (Å²) in [6.45, 7) is 3.80. The van der Waals surface area contributed by atoms with E-state index in [0.717, 1.165) is 38.2 Å². The van der Waals surface area contributed by atoms with Crippen LogP contribution in [0.5, 0.6) is 5.75 Å². The summed E-state index contributed by atoms with van der Waals surface area (Å²) in [7, 11) is 1.76. The second-order valence-corrected chi connectivity index (χ2v) is 4.30. The minimum absolute atomic E-state index is 0.803. The molecule has 17 heavy (non-hydrogen) atoms. The molecule has 0 saturated heterocycles. The first-order chi connectivity index (χ1) is 8.36. The zero-order valence-corrected chi connectivity index (χ0v) is 11.1. The quantitative estimate of drug-likeness (QED) is 0.607. The molecule has 0 aliphatic heterocycles. The summed E-state index contributed by atoms with van der Waals surface area (Å²) in [4.78, 5) is 0. The summed E-state index contributed by atoms with van der Waals surface area (Å²) >= 11 is 0. The van der Waals surface area contributed by atoms with Crippen molar-refractivity contribution in [1.29, 1.82) is 0 Å². The number of unbranched alkanes of at least 4 members (excludes halogenated alkanes) is 2. The van der Waals surface area contributed by atoms with Gasteiger partial charge < -0.3 is 9.47 Å². The van der Waals surface area contributed by atoms with Gasteiger partial charge in [0.2, 0.25) is 0 Å². The van der Waals surface area contributed by atoms with Gasteiger partial charge in [-0.25, -0.2) is 0 Å². The van der Waals surface area contributed by atoms with E-state index in [-0.39, 0.29) is 0 Å². The van der Waals surface area contributed by atoms with Gasteiger partial charge in [0, 0.05) is 13.7 Å². The van der Waals surface area contributed by atoms with E-state index < -0.39 is 0 Å². The number of benzene rings is 1. The molecule has 2 heteroatoms. The summed E-state index contributed by atoms with van der Waals surface area (Å²) in [6, 6.07) is 8.45. The van der Waals surface area contributed by atoms with E-state index in [4.69, 9.17) is 9.47 Å². The molecule has 0 bridgehead atoms. The molecular formula is C15H24O2. The molecule has 0 saturated carbocycles. The number of hydrogen-bond acceptors (Lipinski definition) is 2. The van der Waals surface area contributed by atoms with Crippen LogP contribution in [0.4, 0.5) is 0 Å². The zero-order chi connectivity index (χ0) is 12.3. The molecule has 0 aliphatic carbocycles. The van der Waals surface area contributed by atoms with Crippen LogP contribution < -0.4 is 4.74 Å². The second-order valence-electron chi connectivity index (χ2n) is 4.30. The molecule has 0 aliphatic rings. The fourth-order valence-electron chi connectivity index (χ4n) is 1.76. The average Bonchev–Trinajstić information content (AvgIpc) is 2.37. The van der Waals surface area contributed by atoms with E-state index in [1.54, 1.807) is 7.11 Å². The SMILES string of the molecule is CCCOc1cccc(CCCCCOC)c1. The topological polar surface area (TPSA) is 18.5 Å². The number of rotatable bonds is 9. The number of hydrogen-bond donors (Lipinski definition) is 0. The highest BCUT2D eigenvalue weighted by atomic mass is 16.5. The molecule has 0 radical (unpaired) electrons. The van der Waals surface area contributed by atoms with Gasteiger partial charge in [0.1, 0.15) is 5.75 Å². The van der Waals surface area contributed by atoms with Gasteiger partial charge >= 0.3 is 0 Å². The Morgan fingerprint density at radius 3 is 2.71 bits per heavy atom. The van der Waals surface area contributed by atoms with Gasteiger partial charge in [0.25, 0.3) is 0 Å². The van der Waals surface area contributed by atoms with Crippen LogP contribution in [0.25, 0.3) is 0 Å². The van der Waals surface area contributed by atoms with Crippen LogP contribution in [-0.2, 0) is 11.2 Å². The van der Waals surface area contributed by atoms with E-state index in [9.17, 15) is 0 Å². The van der Waals surface area contributed by atoms with Gasteiger partial charge in [0.05, 0.1) is 6.61 Å². The van der Waals surface area contributed by atoms with Crippen molar-refractivity contribution in [3.8, 4) is 5.75 Å². The standard InChI is InChI=1S/C15H24O2/c1-3-11-17-15-10-7-9-14(13-15)8-5-4-6-12-16-2/h7,9-10,13H,3-6,8,11-12H2,1-2H3. The normalized spacial score (nSPS) is 10.5. The second kappa shape index (κ2) is 9.06. The average molecular weight is 236 g/mol. The highest BCUT2D eigenvalue weighted by Crippen LogP contribution is 2.15. The van der Waals surface area contributed by atoms with Crippen molar-refractivity contribution in [2.24, 2.45) is 0 Å². The highest BCUT2D eigenvalue weighted by Gasteiger charge is 1.97. The van der Waals surface area contributed by atoms with Crippen LogP contribution in [0.2, 0.25) is 0 Å². The predicted octanol–water partition coefficient (Wildman–Crippen LogP) is 3.83. The maximum absolute atomic E-state index is 5.62. The molecule has 0 heterocycles. The Balaban J connectivity index is 2.27. The van der Waals surface area contributed by atoms with Crippen molar-refractivity contribution in [2.75, 3.05) is 20.3 Å². The lowest BCUT2D eigenvalue weighted by Crippen LogP contribution is -1.96. The van der Waals surface area contributed by atoms with E-state index in [1.165, 1.54) is 18.4 Å². The van der Waals surface area contributed by atoms with Gasteiger partial charge in [-0.1, -0.05) is 25.5 Å². The first-order valence-corrected chi connectivity index (χ1v) is 6.57. The molecule has 0 spiro atoms. The Bertz CT molecular complexity index is 297. The summed E-state index contributed by atoms with van der Waals surface area (Å²) in [5.74, 6) is 1.00. The Morgan fingerprint density at radius 1 is 1.06 bits per heavy atom. The Labute approximate surface area is 105 Å². The fraction of sp³-hybridized carbons (Fsp3) is 0.600. The molecule has 0 amide bonds. The summed E-state index contributed by atoms with van der Waals surface area (Å²) in [5.41, 5.74) is 1.37. The number of methoxy groups -OCH3 is 1. The van der Waals surface area contributed by atoms with Gasteiger partial charge in [0.15, 0.2) is 0 Å². The minimum Gasteiger partial charge on any atom is -0.494 e. The molecule has 0 aromatic heterocycles. The van der Waals surface area contributed by atoms with Crippen molar-refractivity contribution in [3.05, 3.63) is 29.8 Å². The van der Waals surface area contributed by atoms with Crippen molar-refractivity contribution in [2.45, 2.75) is 39.0 Å². The molecule has 1 rings (SSSR count). The Hall–Kier alpha value is -1.02. The van der Waals surface area contributed by atoms with Crippen LogP contribution in [0.1, 0.15) is 38.2 Å². The molecule has 0 N–H and O–H groups in total. The lowest BCUT2D eigenvalue weighted by Gasteiger charge is -2.07. The van der Waals surface area contributed by atoms with E-state index >= 15 is 0 Å². The van der Waals surface area contributed by atoms with Crippen LogP contribution >= 0.6 is 0 Å². The van der Waals surface area contributed by atoms with Crippen LogP contribution in [0.15, 0.2) is 24.3 Å².